The van der Waals surface area contributed by atoms with Gasteiger partial charge in [0, 0.05) is 32.7 Å². The summed E-state index contributed by atoms with van der Waals surface area (Å²) < 4.78 is 31.7. The second-order valence-corrected chi connectivity index (χ2v) is 4.13. The predicted octanol–water partition coefficient (Wildman–Crippen LogP) is 1.03. The zero-order valence-electron chi connectivity index (χ0n) is 11.3. The molecule has 0 aromatic carbocycles. The molecule has 1 aliphatic heterocycles. The highest BCUT2D eigenvalue weighted by Crippen LogP contribution is 2.13. The van der Waals surface area contributed by atoms with E-state index >= 15 is 0 Å². The van der Waals surface area contributed by atoms with Crippen molar-refractivity contribution in [3.63, 3.8) is 0 Å². The Kier molecular flexibility index (Phi) is 8.69. The SMILES string of the molecule is CCCCNC(=O)N1CCNCC1.O=C(O)C(F)(F)F. The Balaban J connectivity index is 0.000000441. The molecule has 0 spiro atoms. The van der Waals surface area contributed by atoms with Gasteiger partial charge in [-0.3, -0.25) is 0 Å². The van der Waals surface area contributed by atoms with E-state index in [1.54, 1.807) is 0 Å². The van der Waals surface area contributed by atoms with Gasteiger partial charge in [0.2, 0.25) is 0 Å². The van der Waals surface area contributed by atoms with Gasteiger partial charge in [0.05, 0.1) is 0 Å². The first-order valence-electron chi connectivity index (χ1n) is 6.32. The van der Waals surface area contributed by atoms with Gasteiger partial charge in [0.25, 0.3) is 0 Å². The minimum atomic E-state index is -5.08. The molecule has 20 heavy (non-hydrogen) atoms. The Morgan fingerprint density at radius 2 is 1.80 bits per heavy atom. The van der Waals surface area contributed by atoms with E-state index in [-0.39, 0.29) is 6.03 Å². The molecule has 9 heteroatoms. The Bertz CT molecular complexity index is 305. The number of rotatable bonds is 3. The number of hydrogen-bond donors (Lipinski definition) is 3. The van der Waals surface area contributed by atoms with E-state index in [2.05, 4.69) is 17.6 Å². The van der Waals surface area contributed by atoms with E-state index in [1.165, 1.54) is 0 Å². The maximum Gasteiger partial charge on any atom is 0.490 e. The van der Waals surface area contributed by atoms with Crippen LogP contribution in [-0.2, 0) is 4.79 Å². The number of halogens is 3. The summed E-state index contributed by atoms with van der Waals surface area (Å²) in [7, 11) is 0. The molecule has 0 aliphatic carbocycles. The molecule has 1 fully saturated rings. The lowest BCUT2D eigenvalue weighted by molar-refractivity contribution is -0.192. The predicted molar refractivity (Wildman–Crippen MR) is 66.4 cm³/mol. The van der Waals surface area contributed by atoms with Gasteiger partial charge in [0.15, 0.2) is 0 Å². The van der Waals surface area contributed by atoms with Crippen molar-refractivity contribution in [2.45, 2.75) is 25.9 Å². The monoisotopic (exact) mass is 299 g/mol. The van der Waals surface area contributed by atoms with Crippen molar-refractivity contribution in [3.8, 4) is 0 Å². The topological polar surface area (TPSA) is 81.7 Å². The van der Waals surface area contributed by atoms with Crippen molar-refractivity contribution in [2.24, 2.45) is 0 Å². The summed E-state index contributed by atoms with van der Waals surface area (Å²) in [6, 6.07) is 0.0925. The molecule has 3 N–H and O–H groups in total. The highest BCUT2D eigenvalue weighted by atomic mass is 19.4. The third kappa shape index (κ3) is 8.57. The first-order chi connectivity index (χ1) is 9.29. The molecular weight excluding hydrogens is 279 g/mol. The van der Waals surface area contributed by atoms with Crippen LogP contribution in [0.3, 0.4) is 0 Å². The number of unbranched alkanes of at least 4 members (excludes halogenated alkanes) is 1. The average Bonchev–Trinajstić information content (AvgIpc) is 2.39. The van der Waals surface area contributed by atoms with Gasteiger partial charge in [-0.15, -0.1) is 0 Å². The minimum Gasteiger partial charge on any atom is -0.475 e. The highest BCUT2D eigenvalue weighted by Gasteiger charge is 2.38. The number of carboxylic acids is 1. The van der Waals surface area contributed by atoms with Gasteiger partial charge in [0.1, 0.15) is 0 Å². The number of carboxylic acid groups (broad SMARTS) is 1. The number of nitrogens with one attached hydrogen (secondary N) is 2. The molecule has 0 unspecified atom stereocenters. The zero-order chi connectivity index (χ0) is 15.6. The molecule has 0 aromatic heterocycles. The molecule has 118 valence electrons. The molecule has 0 aromatic rings. The van der Waals surface area contributed by atoms with E-state index in [0.29, 0.717) is 0 Å². The summed E-state index contributed by atoms with van der Waals surface area (Å²) in [5.74, 6) is -2.76. The maximum atomic E-state index is 11.5. The first kappa shape index (κ1) is 18.5. The second kappa shape index (κ2) is 9.40. The van der Waals surface area contributed by atoms with Crippen LogP contribution in [0.2, 0.25) is 0 Å². The quantitative estimate of drug-likeness (QED) is 0.680. The molecule has 0 bridgehead atoms. The van der Waals surface area contributed by atoms with E-state index in [1.807, 2.05) is 4.90 Å². The molecule has 1 rings (SSSR count). The number of piperazine rings is 1. The Morgan fingerprint density at radius 1 is 1.30 bits per heavy atom. The van der Waals surface area contributed by atoms with E-state index in [0.717, 1.165) is 45.6 Å². The summed E-state index contributed by atoms with van der Waals surface area (Å²) >= 11 is 0. The van der Waals surface area contributed by atoms with Gasteiger partial charge >= 0.3 is 18.2 Å². The van der Waals surface area contributed by atoms with Crippen LogP contribution in [0.5, 0.6) is 0 Å². The summed E-state index contributed by atoms with van der Waals surface area (Å²) in [6.07, 6.45) is -2.89. The van der Waals surface area contributed by atoms with Crippen LogP contribution >= 0.6 is 0 Å². The molecule has 0 radical (unpaired) electrons. The second-order valence-electron chi connectivity index (χ2n) is 4.13. The largest absolute Gasteiger partial charge is 0.490 e. The van der Waals surface area contributed by atoms with Crippen LogP contribution in [0.25, 0.3) is 0 Å². The molecule has 1 heterocycles. The van der Waals surface area contributed by atoms with Crippen molar-refractivity contribution in [1.82, 2.24) is 15.5 Å². The number of hydrogen-bond acceptors (Lipinski definition) is 3. The zero-order valence-corrected chi connectivity index (χ0v) is 11.3. The Hall–Kier alpha value is -1.51. The summed E-state index contributed by atoms with van der Waals surface area (Å²) in [5.41, 5.74) is 0. The fourth-order valence-corrected chi connectivity index (χ4v) is 1.35. The lowest BCUT2D eigenvalue weighted by Gasteiger charge is -2.27. The van der Waals surface area contributed by atoms with E-state index in [9.17, 15) is 18.0 Å². The van der Waals surface area contributed by atoms with Crippen molar-refractivity contribution in [2.75, 3.05) is 32.7 Å². The molecular formula is C11H20F3N3O3. The van der Waals surface area contributed by atoms with Crippen molar-refractivity contribution in [1.29, 1.82) is 0 Å². The number of aliphatic carboxylic acids is 1. The van der Waals surface area contributed by atoms with Crippen molar-refractivity contribution in [3.05, 3.63) is 0 Å². The number of nitrogens with zero attached hydrogens (tertiary/aromatic N) is 1. The summed E-state index contributed by atoms with van der Waals surface area (Å²) in [6.45, 7) is 6.43. The highest BCUT2D eigenvalue weighted by molar-refractivity contribution is 5.74. The third-order valence-electron chi connectivity index (χ3n) is 2.45. The number of alkyl halides is 3. The van der Waals surface area contributed by atoms with E-state index < -0.39 is 12.1 Å². The van der Waals surface area contributed by atoms with Crippen molar-refractivity contribution >= 4 is 12.0 Å². The first-order valence-corrected chi connectivity index (χ1v) is 6.32. The number of carbonyl (C=O) groups is 2. The summed E-state index contributed by atoms with van der Waals surface area (Å²) in [4.78, 5) is 22.2. The fraction of sp³-hybridized carbons (Fsp3) is 0.818. The van der Waals surface area contributed by atoms with Gasteiger partial charge in [-0.05, 0) is 6.42 Å². The Labute approximate surface area is 115 Å². The lowest BCUT2D eigenvalue weighted by atomic mass is 10.3. The minimum absolute atomic E-state index is 0.0925. The third-order valence-corrected chi connectivity index (χ3v) is 2.45. The van der Waals surface area contributed by atoms with Crippen LogP contribution in [0.1, 0.15) is 19.8 Å². The number of carbonyl (C=O) groups excluding carboxylic acids is 1. The average molecular weight is 299 g/mol. The lowest BCUT2D eigenvalue weighted by Crippen LogP contribution is -2.50. The fourth-order valence-electron chi connectivity index (χ4n) is 1.35. The number of urea groups is 1. The van der Waals surface area contributed by atoms with Crippen LogP contribution < -0.4 is 10.6 Å². The molecule has 0 atom stereocenters. The normalized spacial score (nSPS) is 15.1. The van der Waals surface area contributed by atoms with Crippen molar-refractivity contribution < 1.29 is 27.9 Å². The van der Waals surface area contributed by atoms with Gasteiger partial charge in [-0.1, -0.05) is 13.3 Å². The van der Waals surface area contributed by atoms with Crippen LogP contribution in [0, 0.1) is 0 Å². The van der Waals surface area contributed by atoms with E-state index in [4.69, 9.17) is 9.90 Å². The van der Waals surface area contributed by atoms with Crippen LogP contribution in [0.15, 0.2) is 0 Å². The maximum absolute atomic E-state index is 11.5. The van der Waals surface area contributed by atoms with Crippen LogP contribution in [0.4, 0.5) is 18.0 Å². The van der Waals surface area contributed by atoms with Crippen LogP contribution in [-0.4, -0.2) is 60.9 Å². The van der Waals surface area contributed by atoms with Gasteiger partial charge in [-0.2, -0.15) is 13.2 Å². The standard InChI is InChI=1S/C9H19N3O.C2HF3O2/c1-2-3-4-11-9(13)12-7-5-10-6-8-12;3-2(4,5)1(6)7/h10H,2-8H2,1H3,(H,11,13);(H,6,7). The molecule has 1 saturated heterocycles. The smallest absolute Gasteiger partial charge is 0.475 e. The summed E-state index contributed by atoms with van der Waals surface area (Å²) in [5, 5.41) is 13.3. The molecule has 0 saturated carbocycles. The number of amides is 2. The Morgan fingerprint density at radius 3 is 2.20 bits per heavy atom. The molecule has 2 amide bonds. The van der Waals surface area contributed by atoms with Gasteiger partial charge in [-0.25, -0.2) is 9.59 Å². The van der Waals surface area contributed by atoms with Gasteiger partial charge < -0.3 is 20.6 Å². The molecule has 6 nitrogen and oxygen atoms in total. The molecule has 1 aliphatic rings.